The summed E-state index contributed by atoms with van der Waals surface area (Å²) in [5.74, 6) is -3.35. The number of thiophene rings is 1. The normalized spacial score (nSPS) is 22.5. The molecule has 3 unspecified atom stereocenters. The van der Waals surface area contributed by atoms with Gasteiger partial charge in [-0.25, -0.2) is 0 Å². The molecule has 0 spiro atoms. The number of nitrogens with one attached hydrogen (secondary N) is 1. The number of para-hydroxylation sites is 2. The third kappa shape index (κ3) is 3.84. The Morgan fingerprint density at radius 3 is 2.42 bits per heavy atom. The smallest absolute Gasteiger partial charge is 0.357 e. The standard InChI is InChI=1S/C25H19F3N2O2S/c26-25(27,28)24(32)30-19-10-5-4-9-17(19)29-18-13-16(15-7-2-1-3-8-15)14-20(31)22(18)23(30)21-11-6-12-33-21/h1-13,16,22-23,29H,14H2. The van der Waals surface area contributed by atoms with E-state index in [0.717, 1.165) is 10.5 Å². The molecule has 1 aliphatic carbocycles. The van der Waals surface area contributed by atoms with E-state index in [1.807, 2.05) is 36.4 Å². The number of hydrogen-bond acceptors (Lipinski definition) is 4. The number of ketones is 1. The molecule has 0 bridgehead atoms. The largest absolute Gasteiger partial charge is 0.471 e. The number of allylic oxidation sites excluding steroid dienone is 1. The molecule has 1 amide bonds. The van der Waals surface area contributed by atoms with Gasteiger partial charge in [0.1, 0.15) is 5.78 Å². The Morgan fingerprint density at radius 2 is 1.73 bits per heavy atom. The Labute approximate surface area is 192 Å². The van der Waals surface area contributed by atoms with Crippen molar-refractivity contribution < 1.29 is 22.8 Å². The van der Waals surface area contributed by atoms with Gasteiger partial charge in [-0.3, -0.25) is 14.5 Å². The maximum atomic E-state index is 13.8. The number of fused-ring (bicyclic) bond motifs is 2. The third-order valence-electron chi connectivity index (χ3n) is 6.04. The van der Waals surface area contributed by atoms with Crippen LogP contribution in [0.15, 0.2) is 83.9 Å². The summed E-state index contributed by atoms with van der Waals surface area (Å²) in [5, 5.41) is 4.94. The number of benzene rings is 2. The van der Waals surface area contributed by atoms with Gasteiger partial charge in [-0.1, -0.05) is 54.6 Å². The zero-order chi connectivity index (χ0) is 23.2. The van der Waals surface area contributed by atoms with Crippen LogP contribution >= 0.6 is 11.3 Å². The molecule has 0 radical (unpaired) electrons. The minimum atomic E-state index is -5.10. The Balaban J connectivity index is 1.72. The molecule has 1 aromatic heterocycles. The molecule has 0 fully saturated rings. The minimum absolute atomic E-state index is 0.0950. The van der Waals surface area contributed by atoms with Gasteiger partial charge in [0.2, 0.25) is 0 Å². The number of nitrogens with zero attached hydrogens (tertiary/aromatic N) is 1. The van der Waals surface area contributed by atoms with Crippen LogP contribution in [0.25, 0.3) is 0 Å². The first kappa shape index (κ1) is 21.5. The first-order valence-electron chi connectivity index (χ1n) is 10.4. The highest BCUT2D eigenvalue weighted by Crippen LogP contribution is 2.49. The zero-order valence-corrected chi connectivity index (χ0v) is 18.1. The van der Waals surface area contributed by atoms with Gasteiger partial charge < -0.3 is 5.32 Å². The number of anilines is 2. The summed E-state index contributed by atoms with van der Waals surface area (Å²) >= 11 is 1.23. The molecule has 0 saturated carbocycles. The highest BCUT2D eigenvalue weighted by molar-refractivity contribution is 7.10. The first-order valence-corrected chi connectivity index (χ1v) is 11.3. The number of alkyl halides is 3. The van der Waals surface area contributed by atoms with Crippen LogP contribution < -0.4 is 10.2 Å². The SMILES string of the molecule is O=C1CC(c2ccccc2)C=C2Nc3ccccc3N(C(=O)C(F)(F)F)C(c3cccs3)C12. The zero-order valence-electron chi connectivity index (χ0n) is 17.3. The topological polar surface area (TPSA) is 49.4 Å². The Bertz CT molecular complexity index is 1220. The molecule has 5 rings (SSSR count). The molecule has 2 aliphatic rings. The van der Waals surface area contributed by atoms with Crippen molar-refractivity contribution in [1.82, 2.24) is 0 Å². The van der Waals surface area contributed by atoms with Crippen LogP contribution in [0.2, 0.25) is 0 Å². The summed E-state index contributed by atoms with van der Waals surface area (Å²) in [6.45, 7) is 0. The number of hydrogen-bond donors (Lipinski definition) is 1. The lowest BCUT2D eigenvalue weighted by atomic mass is 9.77. The van der Waals surface area contributed by atoms with Crippen molar-refractivity contribution in [3.63, 3.8) is 0 Å². The van der Waals surface area contributed by atoms with E-state index in [0.29, 0.717) is 16.3 Å². The fourth-order valence-corrected chi connectivity index (χ4v) is 5.50. The van der Waals surface area contributed by atoms with Gasteiger partial charge in [0.15, 0.2) is 0 Å². The first-order chi connectivity index (χ1) is 15.8. The average Bonchev–Trinajstić information content (AvgIpc) is 3.28. The molecule has 8 heteroatoms. The molecular formula is C25H19F3N2O2S. The van der Waals surface area contributed by atoms with Crippen LogP contribution in [0.1, 0.15) is 28.8 Å². The number of amides is 1. The van der Waals surface area contributed by atoms with Crippen molar-refractivity contribution in [1.29, 1.82) is 0 Å². The monoisotopic (exact) mass is 468 g/mol. The van der Waals surface area contributed by atoms with Crippen molar-refractivity contribution in [2.45, 2.75) is 24.6 Å². The van der Waals surface area contributed by atoms with Crippen molar-refractivity contribution >= 4 is 34.4 Å². The summed E-state index contributed by atoms with van der Waals surface area (Å²) in [5.41, 5.74) is 1.92. The number of rotatable bonds is 2. The van der Waals surface area contributed by atoms with E-state index in [4.69, 9.17) is 0 Å². The molecule has 3 aromatic rings. The van der Waals surface area contributed by atoms with E-state index in [2.05, 4.69) is 5.32 Å². The molecule has 33 heavy (non-hydrogen) atoms. The van der Waals surface area contributed by atoms with Gasteiger partial charge in [0.05, 0.1) is 23.3 Å². The number of halogens is 3. The van der Waals surface area contributed by atoms with Crippen LogP contribution in [-0.4, -0.2) is 17.9 Å². The fourth-order valence-electron chi connectivity index (χ4n) is 4.64. The predicted octanol–water partition coefficient (Wildman–Crippen LogP) is 6.07. The Hall–Kier alpha value is -3.39. The highest BCUT2D eigenvalue weighted by atomic mass is 32.1. The van der Waals surface area contributed by atoms with Crippen LogP contribution in [0.5, 0.6) is 0 Å². The van der Waals surface area contributed by atoms with Crippen LogP contribution in [-0.2, 0) is 9.59 Å². The predicted molar refractivity (Wildman–Crippen MR) is 121 cm³/mol. The van der Waals surface area contributed by atoms with Crippen LogP contribution in [0, 0.1) is 5.92 Å². The van der Waals surface area contributed by atoms with E-state index < -0.39 is 24.0 Å². The van der Waals surface area contributed by atoms with Crippen molar-refractivity contribution in [2.75, 3.05) is 10.2 Å². The summed E-state index contributed by atoms with van der Waals surface area (Å²) in [7, 11) is 0. The molecule has 3 atom stereocenters. The summed E-state index contributed by atoms with van der Waals surface area (Å²) in [6.07, 6.45) is -3.03. The molecule has 2 aromatic carbocycles. The van der Waals surface area contributed by atoms with E-state index in [-0.39, 0.29) is 23.8 Å². The maximum Gasteiger partial charge on any atom is 0.471 e. The molecule has 2 heterocycles. The lowest BCUT2D eigenvalue weighted by Gasteiger charge is -2.37. The van der Waals surface area contributed by atoms with Gasteiger partial charge in [-0.15, -0.1) is 11.3 Å². The summed E-state index contributed by atoms with van der Waals surface area (Å²) in [4.78, 5) is 27.6. The minimum Gasteiger partial charge on any atom is -0.357 e. The van der Waals surface area contributed by atoms with Gasteiger partial charge in [0.25, 0.3) is 0 Å². The van der Waals surface area contributed by atoms with Crippen LogP contribution in [0.4, 0.5) is 24.5 Å². The average molecular weight is 469 g/mol. The van der Waals surface area contributed by atoms with E-state index >= 15 is 0 Å². The quantitative estimate of drug-likeness (QED) is 0.497. The second-order valence-electron chi connectivity index (χ2n) is 8.06. The molecule has 1 N–H and O–H groups in total. The van der Waals surface area contributed by atoms with Crippen LogP contribution in [0.3, 0.4) is 0 Å². The second-order valence-corrected chi connectivity index (χ2v) is 9.04. The van der Waals surface area contributed by atoms with Crippen molar-refractivity contribution in [2.24, 2.45) is 5.92 Å². The molecule has 168 valence electrons. The lowest BCUT2D eigenvalue weighted by Crippen LogP contribution is -2.47. The summed E-state index contributed by atoms with van der Waals surface area (Å²) in [6, 6.07) is 18.2. The molecule has 0 saturated heterocycles. The number of carbonyl (C=O) groups is 2. The fraction of sp³-hybridized carbons (Fsp3) is 0.200. The van der Waals surface area contributed by atoms with Crippen molar-refractivity contribution in [3.8, 4) is 0 Å². The highest BCUT2D eigenvalue weighted by Gasteiger charge is 2.51. The van der Waals surface area contributed by atoms with Gasteiger partial charge in [0, 0.05) is 22.9 Å². The molecule has 4 nitrogen and oxygen atoms in total. The lowest BCUT2D eigenvalue weighted by molar-refractivity contribution is -0.171. The molecule has 1 aliphatic heterocycles. The Morgan fingerprint density at radius 1 is 1.00 bits per heavy atom. The van der Waals surface area contributed by atoms with Gasteiger partial charge in [-0.05, 0) is 29.1 Å². The van der Waals surface area contributed by atoms with E-state index in [1.54, 1.807) is 35.7 Å². The van der Waals surface area contributed by atoms with E-state index in [1.165, 1.54) is 17.4 Å². The van der Waals surface area contributed by atoms with E-state index in [9.17, 15) is 22.8 Å². The van der Waals surface area contributed by atoms with Gasteiger partial charge in [-0.2, -0.15) is 13.2 Å². The number of carbonyl (C=O) groups excluding carboxylic acids is 2. The number of Topliss-reactive ketones (excluding diaryl/α,β-unsaturated/α-hetero) is 1. The van der Waals surface area contributed by atoms with Gasteiger partial charge >= 0.3 is 12.1 Å². The summed E-state index contributed by atoms with van der Waals surface area (Å²) < 4.78 is 41.3. The second kappa shape index (κ2) is 8.19. The third-order valence-corrected chi connectivity index (χ3v) is 6.99. The van der Waals surface area contributed by atoms with Crippen molar-refractivity contribution in [3.05, 3.63) is 94.3 Å². The Kier molecular flexibility index (Phi) is 5.32. The maximum absolute atomic E-state index is 13.8. The molecular weight excluding hydrogens is 449 g/mol.